The molecule has 0 aliphatic rings. The predicted molar refractivity (Wildman–Crippen MR) is 52.0 cm³/mol. The molecule has 0 spiro atoms. The molecule has 0 radical (unpaired) electrons. The minimum atomic E-state index is 0.248. The summed E-state index contributed by atoms with van der Waals surface area (Å²) in [7, 11) is 0. The molecule has 0 amide bonds. The number of rotatable bonds is 2. The molecule has 0 aliphatic carbocycles. The number of benzene rings is 1. The fourth-order valence-electron chi connectivity index (χ4n) is 1.22. The third kappa shape index (κ3) is 1.27. The van der Waals surface area contributed by atoms with E-state index in [9.17, 15) is 4.91 Å². The molecule has 0 aliphatic heterocycles. The SMILES string of the molecule is NN(N=O)c1nncc2ccccc12. The predicted octanol–water partition coefficient (Wildman–Crippen LogP) is 0.991. The van der Waals surface area contributed by atoms with Gasteiger partial charge in [-0.25, -0.2) is 5.84 Å². The number of fused-ring (bicyclic) bond motifs is 1. The van der Waals surface area contributed by atoms with Crippen LogP contribution in [0.1, 0.15) is 0 Å². The molecule has 70 valence electrons. The Balaban J connectivity index is 2.70. The molecule has 1 aromatic heterocycles. The van der Waals surface area contributed by atoms with Crippen LogP contribution in [0.4, 0.5) is 5.82 Å². The number of nitrogens with zero attached hydrogens (tertiary/aromatic N) is 4. The summed E-state index contributed by atoms with van der Waals surface area (Å²) in [6, 6.07) is 7.34. The van der Waals surface area contributed by atoms with Gasteiger partial charge in [0.15, 0.2) is 5.82 Å². The number of hydrogen-bond acceptors (Lipinski definition) is 5. The molecule has 2 N–H and O–H groups in total. The lowest BCUT2D eigenvalue weighted by molar-refractivity contribution is 0.866. The van der Waals surface area contributed by atoms with Crippen molar-refractivity contribution < 1.29 is 0 Å². The van der Waals surface area contributed by atoms with E-state index in [0.717, 1.165) is 10.8 Å². The average molecular weight is 189 g/mol. The first kappa shape index (κ1) is 8.52. The van der Waals surface area contributed by atoms with Crippen LogP contribution in [0.3, 0.4) is 0 Å². The van der Waals surface area contributed by atoms with Gasteiger partial charge in [-0.3, -0.25) is 0 Å². The van der Waals surface area contributed by atoms with Crippen molar-refractivity contribution in [1.29, 1.82) is 0 Å². The third-order valence-corrected chi connectivity index (χ3v) is 1.86. The Morgan fingerprint density at radius 3 is 2.93 bits per heavy atom. The van der Waals surface area contributed by atoms with E-state index in [1.54, 1.807) is 12.3 Å². The molecular formula is C8H7N5O. The van der Waals surface area contributed by atoms with E-state index in [0.29, 0.717) is 5.12 Å². The number of nitrogens with two attached hydrogens (primary N) is 1. The van der Waals surface area contributed by atoms with Crippen LogP contribution >= 0.6 is 0 Å². The second-order valence-corrected chi connectivity index (χ2v) is 2.68. The van der Waals surface area contributed by atoms with Crippen LogP contribution in [0.5, 0.6) is 0 Å². The normalized spacial score (nSPS) is 10.1. The zero-order valence-electron chi connectivity index (χ0n) is 7.16. The summed E-state index contributed by atoms with van der Waals surface area (Å²) in [4.78, 5) is 10.2. The lowest BCUT2D eigenvalue weighted by atomic mass is 10.2. The molecule has 1 aromatic carbocycles. The summed E-state index contributed by atoms with van der Waals surface area (Å²) in [6.07, 6.45) is 1.59. The first-order valence-corrected chi connectivity index (χ1v) is 3.91. The lowest BCUT2D eigenvalue weighted by Crippen LogP contribution is -2.25. The van der Waals surface area contributed by atoms with Crippen molar-refractivity contribution in [1.82, 2.24) is 10.2 Å². The second kappa shape index (κ2) is 3.35. The summed E-state index contributed by atoms with van der Waals surface area (Å²) in [5.41, 5.74) is 0. The quantitative estimate of drug-likeness (QED) is 0.432. The minimum absolute atomic E-state index is 0.248. The van der Waals surface area contributed by atoms with E-state index in [2.05, 4.69) is 15.5 Å². The second-order valence-electron chi connectivity index (χ2n) is 2.68. The lowest BCUT2D eigenvalue weighted by Gasteiger charge is -2.07. The Kier molecular flexibility index (Phi) is 2.04. The number of nitroso groups, excluding NO2 is 1. The fourth-order valence-corrected chi connectivity index (χ4v) is 1.22. The van der Waals surface area contributed by atoms with Crippen molar-refractivity contribution in [3.05, 3.63) is 35.4 Å². The Labute approximate surface area is 79.3 Å². The Morgan fingerprint density at radius 2 is 2.14 bits per heavy atom. The molecular weight excluding hydrogens is 182 g/mol. The average Bonchev–Trinajstić information content (AvgIpc) is 2.27. The highest BCUT2D eigenvalue weighted by Gasteiger charge is 2.08. The third-order valence-electron chi connectivity index (χ3n) is 1.86. The molecule has 2 rings (SSSR count). The number of aromatic nitrogens is 2. The molecule has 0 fully saturated rings. The first-order chi connectivity index (χ1) is 6.83. The van der Waals surface area contributed by atoms with E-state index in [4.69, 9.17) is 5.84 Å². The Morgan fingerprint density at radius 1 is 1.36 bits per heavy atom. The van der Waals surface area contributed by atoms with Crippen molar-refractivity contribution in [2.45, 2.75) is 0 Å². The van der Waals surface area contributed by atoms with Gasteiger partial charge in [-0.1, -0.05) is 24.3 Å². The maximum Gasteiger partial charge on any atom is 0.199 e. The van der Waals surface area contributed by atoms with Crippen LogP contribution in [-0.2, 0) is 0 Å². The van der Waals surface area contributed by atoms with Gasteiger partial charge in [0.05, 0.1) is 11.5 Å². The standard InChI is InChI=1S/C8H7N5O/c9-13(12-14)8-7-4-2-1-3-6(7)5-10-11-8/h1-5H,9H2. The molecule has 6 heteroatoms. The van der Waals surface area contributed by atoms with Gasteiger partial charge in [0.1, 0.15) is 0 Å². The highest BCUT2D eigenvalue weighted by atomic mass is 16.3. The molecule has 14 heavy (non-hydrogen) atoms. The van der Waals surface area contributed by atoms with Crippen molar-refractivity contribution >= 4 is 16.6 Å². The van der Waals surface area contributed by atoms with Gasteiger partial charge in [-0.05, 0) is 0 Å². The molecule has 0 unspecified atom stereocenters. The Hall–Kier alpha value is -2.08. The van der Waals surface area contributed by atoms with E-state index < -0.39 is 0 Å². The molecule has 0 bridgehead atoms. The maximum absolute atomic E-state index is 10.2. The van der Waals surface area contributed by atoms with Crippen molar-refractivity contribution in [2.75, 3.05) is 5.12 Å². The summed E-state index contributed by atoms with van der Waals surface area (Å²) >= 11 is 0. The van der Waals surface area contributed by atoms with Crippen molar-refractivity contribution in [2.24, 2.45) is 11.1 Å². The highest BCUT2D eigenvalue weighted by molar-refractivity contribution is 5.90. The summed E-state index contributed by atoms with van der Waals surface area (Å²) < 4.78 is 0. The topological polar surface area (TPSA) is 84.5 Å². The minimum Gasteiger partial charge on any atom is -0.222 e. The molecule has 2 aromatic rings. The molecule has 0 atom stereocenters. The van der Waals surface area contributed by atoms with Crippen molar-refractivity contribution in [3.8, 4) is 0 Å². The first-order valence-electron chi connectivity index (χ1n) is 3.91. The molecule has 6 nitrogen and oxygen atoms in total. The highest BCUT2D eigenvalue weighted by Crippen LogP contribution is 2.20. The van der Waals surface area contributed by atoms with E-state index in [1.165, 1.54) is 0 Å². The fraction of sp³-hybridized carbons (Fsp3) is 0. The molecule has 0 saturated carbocycles. The summed E-state index contributed by atoms with van der Waals surface area (Å²) in [6.45, 7) is 0. The van der Waals surface area contributed by atoms with E-state index in [-0.39, 0.29) is 5.82 Å². The van der Waals surface area contributed by atoms with Crippen LogP contribution in [0.2, 0.25) is 0 Å². The van der Waals surface area contributed by atoms with Gasteiger partial charge in [0.2, 0.25) is 0 Å². The number of hydrazine groups is 1. The largest absolute Gasteiger partial charge is 0.222 e. The van der Waals surface area contributed by atoms with Gasteiger partial charge in [0, 0.05) is 10.8 Å². The smallest absolute Gasteiger partial charge is 0.199 e. The zero-order valence-corrected chi connectivity index (χ0v) is 7.16. The number of hydrogen-bond donors (Lipinski definition) is 1. The van der Waals surface area contributed by atoms with Gasteiger partial charge >= 0.3 is 0 Å². The van der Waals surface area contributed by atoms with Crippen LogP contribution in [-0.4, -0.2) is 10.2 Å². The van der Waals surface area contributed by atoms with Gasteiger partial charge < -0.3 is 0 Å². The zero-order chi connectivity index (χ0) is 9.97. The molecule has 1 heterocycles. The van der Waals surface area contributed by atoms with Crippen LogP contribution in [0.15, 0.2) is 35.7 Å². The van der Waals surface area contributed by atoms with Gasteiger partial charge in [-0.2, -0.15) is 5.10 Å². The number of anilines is 1. The van der Waals surface area contributed by atoms with Gasteiger partial charge in [-0.15, -0.1) is 15.1 Å². The summed E-state index contributed by atoms with van der Waals surface area (Å²) in [5, 5.41) is 12.3. The molecule has 0 saturated heterocycles. The van der Waals surface area contributed by atoms with E-state index >= 15 is 0 Å². The van der Waals surface area contributed by atoms with Crippen LogP contribution in [0, 0.1) is 4.91 Å². The maximum atomic E-state index is 10.2. The summed E-state index contributed by atoms with van der Waals surface area (Å²) in [5.74, 6) is 5.56. The monoisotopic (exact) mass is 189 g/mol. The van der Waals surface area contributed by atoms with E-state index in [1.807, 2.05) is 18.2 Å². The van der Waals surface area contributed by atoms with Crippen LogP contribution in [0.25, 0.3) is 10.8 Å². The van der Waals surface area contributed by atoms with Crippen LogP contribution < -0.4 is 11.0 Å². The van der Waals surface area contributed by atoms with Crippen molar-refractivity contribution in [3.63, 3.8) is 0 Å². The van der Waals surface area contributed by atoms with Gasteiger partial charge in [0.25, 0.3) is 0 Å². The Bertz CT molecular complexity index is 467.